The van der Waals surface area contributed by atoms with Crippen molar-refractivity contribution in [3.63, 3.8) is 0 Å². The first-order valence-electron chi connectivity index (χ1n) is 6.37. The van der Waals surface area contributed by atoms with Gasteiger partial charge in [0.1, 0.15) is 0 Å². The number of hydrogen-bond acceptors (Lipinski definition) is 2. The molecule has 1 N–H and O–H groups in total. The lowest BCUT2D eigenvalue weighted by molar-refractivity contribution is 0.535. The average Bonchev–Trinajstić information content (AvgIpc) is 2.75. The van der Waals surface area contributed by atoms with Gasteiger partial charge in [0.05, 0.1) is 4.34 Å². The van der Waals surface area contributed by atoms with Crippen LogP contribution in [0, 0.1) is 0 Å². The first-order valence-corrected chi connectivity index (χ1v) is 7.57. The van der Waals surface area contributed by atoms with E-state index in [1.807, 2.05) is 6.07 Å². The fourth-order valence-corrected chi connectivity index (χ4v) is 3.55. The first-order chi connectivity index (χ1) is 8.28. The smallest absolute Gasteiger partial charge is 0.0931 e. The van der Waals surface area contributed by atoms with E-state index in [9.17, 15) is 0 Å². The highest BCUT2D eigenvalue weighted by Crippen LogP contribution is 2.26. The molecule has 1 aliphatic rings. The van der Waals surface area contributed by atoms with Gasteiger partial charge in [-0.25, -0.2) is 0 Å². The third kappa shape index (κ3) is 4.13. The van der Waals surface area contributed by atoms with Gasteiger partial charge in [-0.05, 0) is 57.7 Å². The summed E-state index contributed by atoms with van der Waals surface area (Å²) >= 11 is 7.67. The van der Waals surface area contributed by atoms with Gasteiger partial charge in [-0.3, -0.25) is 0 Å². The monoisotopic (exact) mass is 269 g/mol. The second-order valence-corrected chi connectivity index (χ2v) is 6.51. The van der Waals surface area contributed by atoms with E-state index in [-0.39, 0.29) is 0 Å². The molecule has 1 nitrogen and oxygen atoms in total. The Hall–Kier alpha value is -0.310. The zero-order valence-electron chi connectivity index (χ0n) is 10.3. The van der Waals surface area contributed by atoms with Crippen molar-refractivity contribution >= 4 is 22.9 Å². The Morgan fingerprint density at radius 1 is 1.35 bits per heavy atom. The minimum atomic E-state index is 0.550. The Balaban J connectivity index is 1.90. The van der Waals surface area contributed by atoms with E-state index in [0.29, 0.717) is 6.04 Å². The standard InChI is InChI=1S/C14H20ClNS/c1-16-12(9-11-5-3-2-4-6-11)10-13-7-8-14(15)17-13/h5,7-8,12,16H,2-4,6,9-10H2,1H3. The summed E-state index contributed by atoms with van der Waals surface area (Å²) in [5, 5.41) is 3.43. The molecule has 0 aliphatic heterocycles. The number of allylic oxidation sites excluding steroid dienone is 1. The van der Waals surface area contributed by atoms with Gasteiger partial charge in [-0.2, -0.15) is 0 Å². The van der Waals surface area contributed by atoms with E-state index in [2.05, 4.69) is 24.5 Å². The Morgan fingerprint density at radius 2 is 2.24 bits per heavy atom. The molecule has 0 saturated carbocycles. The number of likely N-dealkylation sites (N-methyl/N-ethyl adjacent to an activating group) is 1. The second-order valence-electron chi connectivity index (χ2n) is 4.71. The first kappa shape index (κ1) is 13.1. The van der Waals surface area contributed by atoms with Crippen LogP contribution in [-0.4, -0.2) is 13.1 Å². The van der Waals surface area contributed by atoms with Crippen molar-refractivity contribution < 1.29 is 0 Å². The molecule has 0 fully saturated rings. The van der Waals surface area contributed by atoms with E-state index < -0.39 is 0 Å². The third-order valence-electron chi connectivity index (χ3n) is 3.38. The SMILES string of the molecule is CNC(CC1=CCCCC1)Cc1ccc(Cl)s1. The molecule has 1 aromatic rings. The Labute approximate surface area is 113 Å². The lowest BCUT2D eigenvalue weighted by atomic mass is 9.93. The molecule has 0 saturated heterocycles. The molecular formula is C14H20ClNS. The number of rotatable bonds is 5. The summed E-state index contributed by atoms with van der Waals surface area (Å²) in [6, 6.07) is 4.69. The molecule has 1 unspecified atom stereocenters. The normalized spacial score (nSPS) is 17.9. The van der Waals surface area contributed by atoms with Gasteiger partial charge in [0.15, 0.2) is 0 Å². The van der Waals surface area contributed by atoms with Crippen LogP contribution in [-0.2, 0) is 6.42 Å². The number of nitrogens with one attached hydrogen (secondary N) is 1. The minimum Gasteiger partial charge on any atom is -0.316 e. The molecule has 3 heteroatoms. The van der Waals surface area contributed by atoms with Crippen molar-refractivity contribution in [1.82, 2.24) is 5.32 Å². The molecule has 1 aromatic heterocycles. The molecule has 94 valence electrons. The van der Waals surface area contributed by atoms with Crippen molar-refractivity contribution in [2.75, 3.05) is 7.05 Å². The van der Waals surface area contributed by atoms with Gasteiger partial charge in [0.25, 0.3) is 0 Å². The summed E-state index contributed by atoms with van der Waals surface area (Å²) in [6.45, 7) is 0. The van der Waals surface area contributed by atoms with Crippen LogP contribution in [0.5, 0.6) is 0 Å². The van der Waals surface area contributed by atoms with Gasteiger partial charge >= 0.3 is 0 Å². The summed E-state index contributed by atoms with van der Waals surface area (Å²) in [6.07, 6.45) is 10.0. The van der Waals surface area contributed by atoms with Gasteiger partial charge < -0.3 is 5.32 Å². The largest absolute Gasteiger partial charge is 0.316 e. The van der Waals surface area contributed by atoms with Crippen molar-refractivity contribution in [3.05, 3.63) is 33.0 Å². The van der Waals surface area contributed by atoms with Crippen molar-refractivity contribution in [2.45, 2.75) is 44.6 Å². The number of thiophene rings is 1. The van der Waals surface area contributed by atoms with E-state index in [4.69, 9.17) is 11.6 Å². The molecule has 1 heterocycles. The van der Waals surface area contributed by atoms with Crippen molar-refractivity contribution in [1.29, 1.82) is 0 Å². The average molecular weight is 270 g/mol. The Bertz CT molecular complexity index is 383. The van der Waals surface area contributed by atoms with Crippen LogP contribution in [0.1, 0.15) is 37.0 Å². The van der Waals surface area contributed by atoms with Gasteiger partial charge in [0.2, 0.25) is 0 Å². The van der Waals surface area contributed by atoms with Crippen LogP contribution in [0.3, 0.4) is 0 Å². The lowest BCUT2D eigenvalue weighted by Crippen LogP contribution is -2.28. The van der Waals surface area contributed by atoms with Crippen LogP contribution in [0.25, 0.3) is 0 Å². The zero-order valence-corrected chi connectivity index (χ0v) is 11.9. The molecule has 2 rings (SSSR count). The van der Waals surface area contributed by atoms with Crippen molar-refractivity contribution in [2.24, 2.45) is 0 Å². The zero-order chi connectivity index (χ0) is 12.1. The highest BCUT2D eigenvalue weighted by atomic mass is 35.5. The molecule has 1 atom stereocenters. The maximum Gasteiger partial charge on any atom is 0.0931 e. The van der Waals surface area contributed by atoms with E-state index in [1.54, 1.807) is 16.9 Å². The molecular weight excluding hydrogens is 250 g/mol. The molecule has 0 aromatic carbocycles. The Morgan fingerprint density at radius 3 is 2.82 bits per heavy atom. The summed E-state index contributed by atoms with van der Waals surface area (Å²) in [5.41, 5.74) is 1.64. The summed E-state index contributed by atoms with van der Waals surface area (Å²) in [4.78, 5) is 1.38. The van der Waals surface area contributed by atoms with Crippen LogP contribution in [0.4, 0.5) is 0 Å². The fourth-order valence-electron chi connectivity index (χ4n) is 2.39. The topological polar surface area (TPSA) is 12.0 Å². The predicted octanol–water partition coefficient (Wildman–Crippen LogP) is 4.42. The molecule has 0 radical (unpaired) electrons. The molecule has 0 bridgehead atoms. The predicted molar refractivity (Wildman–Crippen MR) is 77.0 cm³/mol. The number of hydrogen-bond donors (Lipinski definition) is 1. The number of halogens is 1. The summed E-state index contributed by atoms with van der Waals surface area (Å²) < 4.78 is 0.895. The van der Waals surface area contributed by atoms with E-state index in [1.165, 1.54) is 37.0 Å². The molecule has 17 heavy (non-hydrogen) atoms. The summed E-state index contributed by atoms with van der Waals surface area (Å²) in [7, 11) is 2.06. The quantitative estimate of drug-likeness (QED) is 0.780. The lowest BCUT2D eigenvalue weighted by Gasteiger charge is -2.19. The van der Waals surface area contributed by atoms with Crippen LogP contribution in [0.15, 0.2) is 23.8 Å². The summed E-state index contributed by atoms with van der Waals surface area (Å²) in [5.74, 6) is 0. The van der Waals surface area contributed by atoms with E-state index >= 15 is 0 Å². The highest BCUT2D eigenvalue weighted by Gasteiger charge is 2.12. The third-order valence-corrected chi connectivity index (χ3v) is 4.63. The van der Waals surface area contributed by atoms with E-state index in [0.717, 1.165) is 10.8 Å². The van der Waals surface area contributed by atoms with Gasteiger partial charge in [-0.1, -0.05) is 23.3 Å². The van der Waals surface area contributed by atoms with Crippen LogP contribution in [0.2, 0.25) is 4.34 Å². The maximum atomic E-state index is 5.97. The van der Waals surface area contributed by atoms with Crippen molar-refractivity contribution in [3.8, 4) is 0 Å². The van der Waals surface area contributed by atoms with Crippen LogP contribution < -0.4 is 5.32 Å². The fraction of sp³-hybridized carbons (Fsp3) is 0.571. The van der Waals surface area contributed by atoms with Crippen LogP contribution >= 0.6 is 22.9 Å². The van der Waals surface area contributed by atoms with Gasteiger partial charge in [-0.15, -0.1) is 11.3 Å². The molecule has 1 aliphatic carbocycles. The molecule has 0 amide bonds. The second kappa shape index (κ2) is 6.58. The minimum absolute atomic E-state index is 0.550. The van der Waals surface area contributed by atoms with Gasteiger partial charge in [0, 0.05) is 10.9 Å². The highest BCUT2D eigenvalue weighted by molar-refractivity contribution is 7.16. The Kier molecular flexibility index (Phi) is 5.08. The molecule has 0 spiro atoms. The maximum absolute atomic E-state index is 5.97.